The number of benzene rings is 1. The van der Waals surface area contributed by atoms with E-state index < -0.39 is 23.1 Å². The second-order valence-electron chi connectivity index (χ2n) is 3.58. The van der Waals surface area contributed by atoms with Crippen LogP contribution >= 0.6 is 0 Å². The summed E-state index contributed by atoms with van der Waals surface area (Å²) in [4.78, 5) is 10.9. The van der Waals surface area contributed by atoms with Crippen molar-refractivity contribution in [2.24, 2.45) is 5.73 Å². The van der Waals surface area contributed by atoms with Crippen LogP contribution in [-0.2, 0) is 4.79 Å². The van der Waals surface area contributed by atoms with Gasteiger partial charge in [-0.15, -0.1) is 0 Å². The Balaban J connectivity index is 2.94. The highest BCUT2D eigenvalue weighted by molar-refractivity contribution is 5.82. The Labute approximate surface area is 85.8 Å². The van der Waals surface area contributed by atoms with Gasteiger partial charge in [-0.1, -0.05) is 0 Å². The van der Waals surface area contributed by atoms with Gasteiger partial charge in [0.15, 0.2) is 5.60 Å². The van der Waals surface area contributed by atoms with Gasteiger partial charge in [0, 0.05) is 18.2 Å². The van der Waals surface area contributed by atoms with E-state index in [1.54, 1.807) is 0 Å². The van der Waals surface area contributed by atoms with Crippen LogP contribution in [0.2, 0.25) is 0 Å². The molecule has 15 heavy (non-hydrogen) atoms. The fourth-order valence-electron chi connectivity index (χ4n) is 0.932. The minimum absolute atomic E-state index is 0.0729. The highest BCUT2D eigenvalue weighted by Gasteiger charge is 2.27. The van der Waals surface area contributed by atoms with Crippen LogP contribution in [0.5, 0.6) is 5.75 Å². The van der Waals surface area contributed by atoms with Crippen molar-refractivity contribution in [2.75, 3.05) is 0 Å². The molecule has 1 aromatic carbocycles. The third-order valence-corrected chi connectivity index (χ3v) is 1.80. The molecule has 0 spiro atoms. The van der Waals surface area contributed by atoms with Crippen molar-refractivity contribution in [3.05, 3.63) is 29.8 Å². The summed E-state index contributed by atoms with van der Waals surface area (Å²) in [5.41, 5.74) is 3.74. The molecule has 0 fully saturated rings. The van der Waals surface area contributed by atoms with E-state index in [4.69, 9.17) is 10.5 Å². The Morgan fingerprint density at radius 2 is 1.73 bits per heavy atom. The second-order valence-corrected chi connectivity index (χ2v) is 3.58. The highest BCUT2D eigenvalue weighted by Crippen LogP contribution is 2.20. The molecule has 0 bridgehead atoms. The summed E-state index contributed by atoms with van der Waals surface area (Å²) in [6.07, 6.45) is 0. The number of nitrogens with two attached hydrogens (primary N) is 1. The first-order valence-corrected chi connectivity index (χ1v) is 4.26. The summed E-state index contributed by atoms with van der Waals surface area (Å²) in [6.45, 7) is 2.83. The molecule has 1 amide bonds. The maximum absolute atomic E-state index is 12.8. The lowest BCUT2D eigenvalue weighted by Gasteiger charge is -2.22. The van der Waals surface area contributed by atoms with Crippen LogP contribution in [0.1, 0.15) is 13.8 Å². The van der Waals surface area contributed by atoms with Gasteiger partial charge < -0.3 is 10.5 Å². The molecule has 1 rings (SSSR count). The number of carbonyl (C=O) groups excluding carboxylic acids is 1. The van der Waals surface area contributed by atoms with Gasteiger partial charge in [-0.05, 0) is 13.8 Å². The van der Waals surface area contributed by atoms with Gasteiger partial charge in [-0.2, -0.15) is 0 Å². The normalized spacial score (nSPS) is 11.2. The number of carbonyl (C=O) groups is 1. The summed E-state index contributed by atoms with van der Waals surface area (Å²) in [5.74, 6) is -2.33. The molecule has 0 aromatic heterocycles. The van der Waals surface area contributed by atoms with E-state index >= 15 is 0 Å². The Kier molecular flexibility index (Phi) is 2.93. The zero-order chi connectivity index (χ0) is 11.6. The Morgan fingerprint density at radius 1 is 1.27 bits per heavy atom. The molecule has 2 N–H and O–H groups in total. The molecule has 0 saturated heterocycles. The van der Waals surface area contributed by atoms with Crippen LogP contribution in [0.15, 0.2) is 18.2 Å². The van der Waals surface area contributed by atoms with Crippen LogP contribution in [-0.4, -0.2) is 11.5 Å². The van der Waals surface area contributed by atoms with Gasteiger partial charge >= 0.3 is 0 Å². The highest BCUT2D eigenvalue weighted by atomic mass is 19.1. The predicted molar refractivity (Wildman–Crippen MR) is 50.3 cm³/mol. The summed E-state index contributed by atoms with van der Waals surface area (Å²) < 4.78 is 30.6. The fourth-order valence-corrected chi connectivity index (χ4v) is 0.932. The van der Waals surface area contributed by atoms with Crippen LogP contribution in [0.3, 0.4) is 0 Å². The molecule has 0 saturated carbocycles. The van der Waals surface area contributed by atoms with Crippen LogP contribution in [0.25, 0.3) is 0 Å². The van der Waals surface area contributed by atoms with Crippen molar-refractivity contribution in [1.82, 2.24) is 0 Å². The molecule has 0 radical (unpaired) electrons. The van der Waals surface area contributed by atoms with Gasteiger partial charge in [0.2, 0.25) is 0 Å². The third-order valence-electron chi connectivity index (χ3n) is 1.80. The smallest absolute Gasteiger partial charge is 0.261 e. The molecule has 0 heterocycles. The van der Waals surface area contributed by atoms with Crippen molar-refractivity contribution in [2.45, 2.75) is 19.4 Å². The predicted octanol–water partition coefficient (Wildman–Crippen LogP) is 1.61. The monoisotopic (exact) mass is 215 g/mol. The standard InChI is InChI=1S/C10H11F2NO2/c1-10(2,9(13)14)15-8-4-6(11)3-7(12)5-8/h3-5H,1-2H3,(H2,13,14). The number of ether oxygens (including phenoxy) is 1. The molecule has 5 heteroatoms. The van der Waals surface area contributed by atoms with Crippen molar-refractivity contribution in [1.29, 1.82) is 0 Å². The molecular formula is C10H11F2NO2. The summed E-state index contributed by atoms with van der Waals surface area (Å²) in [7, 11) is 0. The summed E-state index contributed by atoms with van der Waals surface area (Å²) in [5, 5.41) is 0. The topological polar surface area (TPSA) is 52.3 Å². The lowest BCUT2D eigenvalue weighted by atomic mass is 10.1. The number of hydrogen-bond donors (Lipinski definition) is 1. The van der Waals surface area contributed by atoms with Gasteiger partial charge in [-0.25, -0.2) is 8.78 Å². The van der Waals surface area contributed by atoms with E-state index in [2.05, 4.69) is 0 Å². The maximum atomic E-state index is 12.8. The first-order chi connectivity index (χ1) is 6.81. The molecule has 0 atom stereocenters. The Hall–Kier alpha value is -1.65. The van der Waals surface area contributed by atoms with Crippen molar-refractivity contribution >= 4 is 5.91 Å². The summed E-state index contributed by atoms with van der Waals surface area (Å²) >= 11 is 0. The first kappa shape index (κ1) is 11.4. The molecule has 3 nitrogen and oxygen atoms in total. The Morgan fingerprint density at radius 3 is 2.13 bits per heavy atom. The van der Waals surface area contributed by atoms with E-state index in [-0.39, 0.29) is 5.75 Å². The second kappa shape index (κ2) is 3.84. The molecule has 1 aromatic rings. The molecule has 0 aliphatic heterocycles. The average Bonchev–Trinajstić information content (AvgIpc) is 1.99. The number of hydrogen-bond acceptors (Lipinski definition) is 2. The zero-order valence-corrected chi connectivity index (χ0v) is 8.38. The molecule has 0 aliphatic carbocycles. The number of rotatable bonds is 3. The van der Waals surface area contributed by atoms with Crippen LogP contribution in [0, 0.1) is 11.6 Å². The number of primary amides is 1. The third kappa shape index (κ3) is 2.90. The van der Waals surface area contributed by atoms with E-state index in [9.17, 15) is 13.6 Å². The molecule has 0 aliphatic rings. The largest absolute Gasteiger partial charge is 0.478 e. The lowest BCUT2D eigenvalue weighted by molar-refractivity contribution is -0.130. The number of halogens is 2. The molecule has 82 valence electrons. The van der Waals surface area contributed by atoms with Gasteiger partial charge in [0.1, 0.15) is 17.4 Å². The van der Waals surface area contributed by atoms with E-state index in [1.807, 2.05) is 0 Å². The minimum Gasteiger partial charge on any atom is -0.478 e. The molecular weight excluding hydrogens is 204 g/mol. The van der Waals surface area contributed by atoms with Crippen LogP contribution < -0.4 is 10.5 Å². The van der Waals surface area contributed by atoms with E-state index in [0.717, 1.165) is 12.1 Å². The van der Waals surface area contributed by atoms with E-state index in [0.29, 0.717) is 6.07 Å². The van der Waals surface area contributed by atoms with Gasteiger partial charge in [-0.3, -0.25) is 4.79 Å². The minimum atomic E-state index is -1.31. The number of amides is 1. The fraction of sp³-hybridized carbons (Fsp3) is 0.300. The summed E-state index contributed by atoms with van der Waals surface area (Å²) in [6, 6.07) is 2.67. The first-order valence-electron chi connectivity index (χ1n) is 4.26. The van der Waals surface area contributed by atoms with Crippen molar-refractivity contribution in [3.8, 4) is 5.75 Å². The Bertz CT molecular complexity index is 371. The zero-order valence-electron chi connectivity index (χ0n) is 8.38. The lowest BCUT2D eigenvalue weighted by Crippen LogP contribution is -2.43. The molecule has 0 unspecified atom stereocenters. The van der Waals surface area contributed by atoms with Gasteiger partial charge in [0.05, 0.1) is 0 Å². The van der Waals surface area contributed by atoms with Crippen LogP contribution in [0.4, 0.5) is 8.78 Å². The van der Waals surface area contributed by atoms with Crippen molar-refractivity contribution in [3.63, 3.8) is 0 Å². The average molecular weight is 215 g/mol. The van der Waals surface area contributed by atoms with E-state index in [1.165, 1.54) is 13.8 Å². The maximum Gasteiger partial charge on any atom is 0.261 e. The quantitative estimate of drug-likeness (QED) is 0.832. The van der Waals surface area contributed by atoms with Crippen molar-refractivity contribution < 1.29 is 18.3 Å². The SMILES string of the molecule is CC(C)(Oc1cc(F)cc(F)c1)C(N)=O. The van der Waals surface area contributed by atoms with Gasteiger partial charge in [0.25, 0.3) is 5.91 Å².